The van der Waals surface area contributed by atoms with E-state index >= 15 is 0 Å². The highest BCUT2D eigenvalue weighted by Gasteiger charge is 1.95. The Morgan fingerprint density at radius 2 is 1.42 bits per heavy atom. The molecule has 96 valence electrons. The van der Waals surface area contributed by atoms with Crippen molar-refractivity contribution in [2.75, 3.05) is 0 Å². The van der Waals surface area contributed by atoms with Crippen molar-refractivity contribution >= 4 is 12.4 Å². The van der Waals surface area contributed by atoms with Crippen molar-refractivity contribution < 1.29 is 4.79 Å². The van der Waals surface area contributed by atoms with Crippen LogP contribution in [-0.2, 0) is 17.6 Å². The van der Waals surface area contributed by atoms with Gasteiger partial charge < -0.3 is 0 Å². The molecule has 0 spiro atoms. The lowest BCUT2D eigenvalue weighted by Crippen LogP contribution is -1.90. The number of aryl methyl sites for hydroxylation is 2. The van der Waals surface area contributed by atoms with E-state index in [1.165, 1.54) is 17.2 Å². The minimum Gasteiger partial charge on any atom is -0.299 e. The molecule has 0 atom stereocenters. The van der Waals surface area contributed by atoms with Crippen LogP contribution in [0.25, 0.3) is 6.08 Å². The van der Waals surface area contributed by atoms with Crippen LogP contribution in [0.2, 0.25) is 0 Å². The lowest BCUT2D eigenvalue weighted by Gasteiger charge is -2.03. The molecule has 0 aliphatic heterocycles. The van der Waals surface area contributed by atoms with Crippen LogP contribution in [0.3, 0.4) is 0 Å². The van der Waals surface area contributed by atoms with E-state index in [0.29, 0.717) is 0 Å². The third kappa shape index (κ3) is 4.55. The molecule has 0 fully saturated rings. The number of rotatable bonds is 6. The molecule has 0 amide bonds. The highest BCUT2D eigenvalue weighted by atomic mass is 16.1. The zero-order chi connectivity index (χ0) is 13.3. The van der Waals surface area contributed by atoms with Gasteiger partial charge in [0.2, 0.25) is 0 Å². The Bertz CT molecular complexity index is 523. The molecule has 0 bridgehead atoms. The van der Waals surface area contributed by atoms with Gasteiger partial charge in [0.1, 0.15) is 6.29 Å². The number of benzene rings is 2. The van der Waals surface area contributed by atoms with Gasteiger partial charge in [-0.15, -0.1) is 0 Å². The largest absolute Gasteiger partial charge is 0.299 e. The quantitative estimate of drug-likeness (QED) is 0.558. The maximum atomic E-state index is 10.2. The summed E-state index contributed by atoms with van der Waals surface area (Å²) in [6.07, 6.45) is 7.51. The van der Waals surface area contributed by atoms with E-state index in [-0.39, 0.29) is 0 Å². The second kappa shape index (κ2) is 7.32. The van der Waals surface area contributed by atoms with E-state index in [1.54, 1.807) is 0 Å². The fourth-order valence-electron chi connectivity index (χ4n) is 2.09. The molecule has 0 unspecified atom stereocenters. The van der Waals surface area contributed by atoms with Gasteiger partial charge in [0.05, 0.1) is 0 Å². The summed E-state index contributed by atoms with van der Waals surface area (Å²) >= 11 is 0. The maximum Gasteiger partial charge on any atom is 0.142 e. The molecule has 0 saturated carbocycles. The zero-order valence-electron chi connectivity index (χ0n) is 11.0. The summed E-state index contributed by atoms with van der Waals surface area (Å²) < 4.78 is 0. The van der Waals surface area contributed by atoms with E-state index < -0.39 is 0 Å². The molecular formula is C18H18O. The predicted octanol–water partition coefficient (Wildman–Crippen LogP) is 4.07. The second-order valence-electron chi connectivity index (χ2n) is 4.58. The Hall–Kier alpha value is -2.15. The van der Waals surface area contributed by atoms with Crippen LogP contribution >= 0.6 is 0 Å². The summed E-state index contributed by atoms with van der Waals surface area (Å²) in [5, 5.41) is 0. The Labute approximate surface area is 114 Å². The monoisotopic (exact) mass is 250 g/mol. The number of hydrogen-bond donors (Lipinski definition) is 0. The van der Waals surface area contributed by atoms with Crippen LogP contribution in [0.1, 0.15) is 23.1 Å². The summed E-state index contributed by atoms with van der Waals surface area (Å²) in [5.41, 5.74) is 3.81. The third-order valence-electron chi connectivity index (χ3n) is 3.12. The fraction of sp³-hybridized carbons (Fsp3) is 0.167. The predicted molar refractivity (Wildman–Crippen MR) is 80.0 cm³/mol. The highest BCUT2D eigenvalue weighted by molar-refractivity contribution is 5.73. The van der Waals surface area contributed by atoms with Gasteiger partial charge in [0, 0.05) is 0 Å². The molecule has 0 aliphatic carbocycles. The number of aldehydes is 1. The van der Waals surface area contributed by atoms with Crippen LogP contribution in [0, 0.1) is 0 Å². The van der Waals surface area contributed by atoms with E-state index in [4.69, 9.17) is 0 Å². The van der Waals surface area contributed by atoms with Crippen LogP contribution in [0.5, 0.6) is 0 Å². The third-order valence-corrected chi connectivity index (χ3v) is 3.12. The summed E-state index contributed by atoms with van der Waals surface area (Å²) in [7, 11) is 0. The molecule has 19 heavy (non-hydrogen) atoms. The highest BCUT2D eigenvalue weighted by Crippen LogP contribution is 2.10. The average molecular weight is 250 g/mol. The van der Waals surface area contributed by atoms with Gasteiger partial charge in [-0.1, -0.05) is 60.7 Å². The molecule has 2 rings (SSSR count). The van der Waals surface area contributed by atoms with Gasteiger partial charge in [0.25, 0.3) is 0 Å². The smallest absolute Gasteiger partial charge is 0.142 e. The summed E-state index contributed by atoms with van der Waals surface area (Å²) in [6, 6.07) is 18.9. The van der Waals surface area contributed by atoms with Crippen molar-refractivity contribution in [3.05, 3.63) is 77.4 Å². The minimum absolute atomic E-state index is 0.799. The number of carbonyl (C=O) groups excluding carboxylic acids is 1. The first-order chi connectivity index (χ1) is 9.38. The number of hydrogen-bond acceptors (Lipinski definition) is 1. The molecule has 0 heterocycles. The first-order valence-electron chi connectivity index (χ1n) is 6.63. The minimum atomic E-state index is 0.799. The van der Waals surface area contributed by atoms with Crippen molar-refractivity contribution in [1.29, 1.82) is 0 Å². The first kappa shape index (κ1) is 13.3. The summed E-state index contributed by atoms with van der Waals surface area (Å²) in [6.45, 7) is 0. The molecule has 2 aromatic carbocycles. The standard InChI is InChI=1S/C18H18O/c19-15-5-10-18-13-11-17(12-14-18)9-4-8-16-6-2-1-3-7-16/h1-3,5-7,10-15H,4,8-9H2. The normalized spacial score (nSPS) is 10.7. The van der Waals surface area contributed by atoms with Gasteiger partial charge in [-0.2, -0.15) is 0 Å². The summed E-state index contributed by atoms with van der Waals surface area (Å²) in [4.78, 5) is 10.2. The first-order valence-corrected chi connectivity index (χ1v) is 6.63. The molecule has 2 aromatic rings. The number of allylic oxidation sites excluding steroid dienone is 1. The molecule has 0 aromatic heterocycles. The van der Waals surface area contributed by atoms with Gasteiger partial charge in [-0.05, 0) is 42.0 Å². The maximum absolute atomic E-state index is 10.2. The Kier molecular flexibility index (Phi) is 5.12. The lowest BCUT2D eigenvalue weighted by atomic mass is 10.0. The van der Waals surface area contributed by atoms with Gasteiger partial charge in [-0.25, -0.2) is 0 Å². The van der Waals surface area contributed by atoms with Crippen molar-refractivity contribution in [1.82, 2.24) is 0 Å². The molecular weight excluding hydrogens is 232 g/mol. The van der Waals surface area contributed by atoms with Crippen molar-refractivity contribution in [3.63, 3.8) is 0 Å². The molecule has 0 saturated heterocycles. The molecule has 1 nitrogen and oxygen atoms in total. The SMILES string of the molecule is O=CC=Cc1ccc(CCCc2ccccc2)cc1. The zero-order valence-corrected chi connectivity index (χ0v) is 11.0. The van der Waals surface area contributed by atoms with Crippen LogP contribution in [0.4, 0.5) is 0 Å². The van der Waals surface area contributed by atoms with Crippen molar-refractivity contribution in [2.24, 2.45) is 0 Å². The Balaban J connectivity index is 1.83. The number of carbonyl (C=O) groups is 1. The molecule has 0 radical (unpaired) electrons. The Morgan fingerprint density at radius 3 is 2.05 bits per heavy atom. The van der Waals surface area contributed by atoms with Crippen molar-refractivity contribution in [2.45, 2.75) is 19.3 Å². The summed E-state index contributed by atoms with van der Waals surface area (Å²) in [5.74, 6) is 0. The molecule has 0 aliphatic rings. The van der Waals surface area contributed by atoms with Gasteiger partial charge in [0.15, 0.2) is 0 Å². The fourth-order valence-corrected chi connectivity index (χ4v) is 2.09. The lowest BCUT2D eigenvalue weighted by molar-refractivity contribution is -0.104. The van der Waals surface area contributed by atoms with E-state index in [2.05, 4.69) is 54.6 Å². The van der Waals surface area contributed by atoms with E-state index in [0.717, 1.165) is 31.1 Å². The average Bonchev–Trinajstić information content (AvgIpc) is 2.47. The van der Waals surface area contributed by atoms with Crippen LogP contribution in [-0.4, -0.2) is 6.29 Å². The molecule has 1 heteroatoms. The van der Waals surface area contributed by atoms with Gasteiger partial charge in [-0.3, -0.25) is 4.79 Å². The van der Waals surface area contributed by atoms with Crippen molar-refractivity contribution in [3.8, 4) is 0 Å². The molecule has 0 N–H and O–H groups in total. The van der Waals surface area contributed by atoms with E-state index in [9.17, 15) is 4.79 Å². The van der Waals surface area contributed by atoms with Crippen LogP contribution in [0.15, 0.2) is 60.7 Å². The van der Waals surface area contributed by atoms with Crippen LogP contribution < -0.4 is 0 Å². The second-order valence-corrected chi connectivity index (χ2v) is 4.58. The van der Waals surface area contributed by atoms with E-state index in [1.807, 2.05) is 6.08 Å². The Morgan fingerprint density at radius 1 is 0.789 bits per heavy atom. The van der Waals surface area contributed by atoms with Gasteiger partial charge >= 0.3 is 0 Å². The topological polar surface area (TPSA) is 17.1 Å².